The highest BCUT2D eigenvalue weighted by atomic mass is 32.2. The summed E-state index contributed by atoms with van der Waals surface area (Å²) in [5.74, 6) is 1.29. The maximum atomic E-state index is 12.9. The monoisotopic (exact) mass is 636 g/mol. The number of aryl methyl sites for hydroxylation is 2. The molecule has 5 rings (SSSR count). The normalized spacial score (nSPS) is 16.9. The highest BCUT2D eigenvalue weighted by molar-refractivity contribution is 8.14. The van der Waals surface area contributed by atoms with Gasteiger partial charge in [0.15, 0.2) is 11.0 Å². The van der Waals surface area contributed by atoms with Crippen molar-refractivity contribution in [2.24, 2.45) is 4.99 Å². The number of thioether (sulfide) groups is 1. The first kappa shape index (κ1) is 32.1. The van der Waals surface area contributed by atoms with Crippen LogP contribution in [0.25, 0.3) is 17.1 Å². The molecule has 0 bridgehead atoms. The molecule has 0 saturated carbocycles. The van der Waals surface area contributed by atoms with Gasteiger partial charge in [-0.05, 0) is 80.5 Å². The number of benzene rings is 3. The molecule has 12 heteroatoms. The zero-order chi connectivity index (χ0) is 32.1. The third-order valence-electron chi connectivity index (χ3n) is 7.71. The second-order valence-electron chi connectivity index (χ2n) is 11.1. The second kappa shape index (κ2) is 13.8. The number of carbonyl (C=O) groups excluding carboxylic acids is 1. The Bertz CT molecular complexity index is 1630. The van der Waals surface area contributed by atoms with Crippen molar-refractivity contribution in [2.45, 2.75) is 58.9 Å². The molecule has 1 aliphatic rings. The highest BCUT2D eigenvalue weighted by Crippen LogP contribution is 2.34. The van der Waals surface area contributed by atoms with E-state index in [-0.39, 0.29) is 23.7 Å². The van der Waals surface area contributed by atoms with E-state index in [0.29, 0.717) is 18.1 Å². The number of ether oxygens (including phenoxy) is 1. The molecule has 2 amide bonds. The molecule has 2 heterocycles. The van der Waals surface area contributed by atoms with Gasteiger partial charge in [-0.3, -0.25) is 0 Å². The maximum Gasteiger partial charge on any atom is 0.573 e. The summed E-state index contributed by atoms with van der Waals surface area (Å²) < 4.78 is 42.7. The van der Waals surface area contributed by atoms with Crippen molar-refractivity contribution in [1.29, 1.82) is 0 Å². The van der Waals surface area contributed by atoms with E-state index >= 15 is 0 Å². The summed E-state index contributed by atoms with van der Waals surface area (Å²) in [6.45, 7) is 8.94. The van der Waals surface area contributed by atoms with Crippen LogP contribution in [0.1, 0.15) is 49.3 Å². The van der Waals surface area contributed by atoms with Crippen molar-refractivity contribution in [3.63, 3.8) is 0 Å². The van der Waals surface area contributed by atoms with Gasteiger partial charge in [0, 0.05) is 29.6 Å². The number of urea groups is 1. The molecule has 0 radical (unpaired) electrons. The van der Waals surface area contributed by atoms with Gasteiger partial charge in [0.2, 0.25) is 0 Å². The molecular formula is C33H35F3N6O2S. The Labute approximate surface area is 264 Å². The summed E-state index contributed by atoms with van der Waals surface area (Å²) in [6, 6.07) is 19.4. The Hall–Kier alpha value is -4.32. The van der Waals surface area contributed by atoms with Crippen molar-refractivity contribution in [1.82, 2.24) is 20.1 Å². The van der Waals surface area contributed by atoms with Gasteiger partial charge in [-0.15, -0.1) is 18.3 Å². The van der Waals surface area contributed by atoms with Crippen LogP contribution in [0.5, 0.6) is 5.75 Å². The van der Waals surface area contributed by atoms with Crippen molar-refractivity contribution >= 4 is 28.6 Å². The number of halogens is 3. The zero-order valence-electron chi connectivity index (χ0n) is 25.5. The number of nitrogens with one attached hydrogen (secondary N) is 1. The summed E-state index contributed by atoms with van der Waals surface area (Å²) in [7, 11) is 0. The number of anilines is 1. The van der Waals surface area contributed by atoms with Crippen LogP contribution in [0.3, 0.4) is 0 Å². The molecule has 1 saturated heterocycles. The lowest BCUT2D eigenvalue weighted by Gasteiger charge is -2.37. The number of hydrogen-bond donors (Lipinski definition) is 1. The Morgan fingerprint density at radius 3 is 2.44 bits per heavy atom. The van der Waals surface area contributed by atoms with Gasteiger partial charge in [-0.25, -0.2) is 14.5 Å². The average molecular weight is 637 g/mol. The number of carbonyl (C=O) groups is 1. The number of hydrogen-bond acceptors (Lipinski definition) is 5. The molecule has 8 nitrogen and oxygen atoms in total. The smallest absolute Gasteiger partial charge is 0.406 e. The van der Waals surface area contributed by atoms with Crippen LogP contribution in [0.2, 0.25) is 0 Å². The standard InChI is InChI=1S/C33H35F3N6O2S/c1-21(16-18-37-31(43)39-32-42(24(4)17-19-45-32)29-22(2)6-5-7-23(29)3)25-8-10-26(11-9-25)30-38-20-41(40-30)27-12-14-28(15-13-27)44-33(34,35)36/h5-15,20-21,24H,16-19H2,1-4H3,(H,37,43). The summed E-state index contributed by atoms with van der Waals surface area (Å²) >= 11 is 1.62. The lowest BCUT2D eigenvalue weighted by Crippen LogP contribution is -2.43. The van der Waals surface area contributed by atoms with Crippen LogP contribution < -0.4 is 15.0 Å². The first-order valence-corrected chi connectivity index (χ1v) is 15.7. The van der Waals surface area contributed by atoms with Crippen LogP contribution in [0.15, 0.2) is 78.0 Å². The van der Waals surface area contributed by atoms with Crippen molar-refractivity contribution in [3.05, 3.63) is 89.7 Å². The molecule has 1 aromatic heterocycles. The third kappa shape index (κ3) is 8.05. The number of amidine groups is 1. The van der Waals surface area contributed by atoms with Crippen LogP contribution in [0, 0.1) is 13.8 Å². The van der Waals surface area contributed by atoms with E-state index in [1.807, 2.05) is 30.3 Å². The van der Waals surface area contributed by atoms with E-state index in [1.165, 1.54) is 35.3 Å². The van der Waals surface area contributed by atoms with Crippen LogP contribution in [-0.2, 0) is 0 Å². The third-order valence-corrected chi connectivity index (χ3v) is 8.70. The fraction of sp³-hybridized carbons (Fsp3) is 0.333. The minimum atomic E-state index is -4.74. The van der Waals surface area contributed by atoms with E-state index in [2.05, 4.69) is 69.9 Å². The summed E-state index contributed by atoms with van der Waals surface area (Å²) in [4.78, 5) is 23.9. The molecule has 1 N–H and O–H groups in total. The van der Waals surface area contributed by atoms with Gasteiger partial charge in [-0.1, -0.05) is 61.2 Å². The largest absolute Gasteiger partial charge is 0.573 e. The average Bonchev–Trinajstić information content (AvgIpc) is 3.48. The molecule has 1 fully saturated rings. The quantitative estimate of drug-likeness (QED) is 0.211. The lowest BCUT2D eigenvalue weighted by molar-refractivity contribution is -0.274. The van der Waals surface area contributed by atoms with Gasteiger partial charge in [0.05, 0.1) is 5.69 Å². The predicted molar refractivity (Wildman–Crippen MR) is 172 cm³/mol. The van der Waals surface area contributed by atoms with E-state index in [1.54, 1.807) is 11.8 Å². The number of rotatable bonds is 8. The number of aliphatic imine (C=N–C) groups is 1. The van der Waals surface area contributed by atoms with E-state index < -0.39 is 6.36 Å². The minimum Gasteiger partial charge on any atom is -0.406 e. The molecule has 236 valence electrons. The van der Waals surface area contributed by atoms with Gasteiger partial charge >= 0.3 is 12.4 Å². The molecule has 2 unspecified atom stereocenters. The second-order valence-corrected chi connectivity index (χ2v) is 12.2. The Morgan fingerprint density at radius 1 is 1.09 bits per heavy atom. The lowest BCUT2D eigenvalue weighted by atomic mass is 9.96. The Morgan fingerprint density at radius 2 is 1.78 bits per heavy atom. The number of amides is 2. The van der Waals surface area contributed by atoms with Crippen molar-refractivity contribution in [3.8, 4) is 22.8 Å². The van der Waals surface area contributed by atoms with Gasteiger partial charge in [0.1, 0.15) is 12.1 Å². The van der Waals surface area contributed by atoms with Crippen molar-refractivity contribution in [2.75, 3.05) is 17.2 Å². The number of nitrogens with zero attached hydrogens (tertiary/aromatic N) is 5. The Kier molecular flexibility index (Phi) is 9.81. The van der Waals surface area contributed by atoms with Crippen LogP contribution in [-0.4, -0.2) is 50.7 Å². The Balaban J connectivity index is 1.16. The fourth-order valence-electron chi connectivity index (χ4n) is 5.27. The SMILES string of the molecule is Cc1cccc(C)c1N1C(=NC(=O)NCCC(C)c2ccc(-c3ncn(-c4ccc(OC(F)(F)F)cc4)n3)cc2)SCCC1C. The minimum absolute atomic E-state index is 0.185. The number of para-hydroxylation sites is 1. The first-order chi connectivity index (χ1) is 21.5. The van der Waals surface area contributed by atoms with Gasteiger partial charge in [0.25, 0.3) is 0 Å². The first-order valence-electron chi connectivity index (χ1n) is 14.7. The summed E-state index contributed by atoms with van der Waals surface area (Å²) in [6.07, 6.45) is -1.48. The molecule has 0 aliphatic carbocycles. The van der Waals surface area contributed by atoms with Crippen LogP contribution in [0.4, 0.5) is 23.7 Å². The van der Waals surface area contributed by atoms with E-state index in [4.69, 9.17) is 0 Å². The molecule has 3 aromatic carbocycles. The topological polar surface area (TPSA) is 84.6 Å². The van der Waals surface area contributed by atoms with E-state index in [9.17, 15) is 18.0 Å². The predicted octanol–water partition coefficient (Wildman–Crippen LogP) is 8.04. The maximum absolute atomic E-state index is 12.9. The molecule has 1 aliphatic heterocycles. The van der Waals surface area contributed by atoms with Crippen molar-refractivity contribution < 1.29 is 22.7 Å². The number of alkyl halides is 3. The van der Waals surface area contributed by atoms with Crippen LogP contribution >= 0.6 is 11.8 Å². The fourth-order valence-corrected chi connectivity index (χ4v) is 6.46. The zero-order valence-corrected chi connectivity index (χ0v) is 26.3. The molecule has 2 atom stereocenters. The molecule has 4 aromatic rings. The number of aromatic nitrogens is 3. The van der Waals surface area contributed by atoms with E-state index in [0.717, 1.165) is 51.7 Å². The highest BCUT2D eigenvalue weighted by Gasteiger charge is 2.31. The van der Waals surface area contributed by atoms with Gasteiger partial charge < -0.3 is 15.0 Å². The molecular weight excluding hydrogens is 601 g/mol. The summed E-state index contributed by atoms with van der Waals surface area (Å²) in [5, 5.41) is 8.16. The molecule has 0 spiro atoms. The van der Waals surface area contributed by atoms with Gasteiger partial charge in [-0.2, -0.15) is 4.99 Å². The molecule has 45 heavy (non-hydrogen) atoms. The summed E-state index contributed by atoms with van der Waals surface area (Å²) in [5.41, 5.74) is 5.91.